The summed E-state index contributed by atoms with van der Waals surface area (Å²) in [5.74, 6) is -0.815. The number of benzene rings is 3. The SMILES string of the molecule is CC(C(=O)Nc1ccc(N2CCc3ccccc32)cc1)n1c(=O)oc2ccccc21. The van der Waals surface area contributed by atoms with E-state index in [1.807, 2.05) is 30.3 Å². The van der Waals surface area contributed by atoms with Crippen molar-refractivity contribution in [1.29, 1.82) is 0 Å². The van der Waals surface area contributed by atoms with E-state index < -0.39 is 11.8 Å². The van der Waals surface area contributed by atoms with Crippen LogP contribution in [0.1, 0.15) is 18.5 Å². The molecule has 2 heterocycles. The summed E-state index contributed by atoms with van der Waals surface area (Å²) in [5, 5.41) is 2.90. The van der Waals surface area contributed by atoms with Gasteiger partial charge in [0.15, 0.2) is 5.58 Å². The van der Waals surface area contributed by atoms with E-state index in [0.29, 0.717) is 16.8 Å². The van der Waals surface area contributed by atoms with Crippen LogP contribution < -0.4 is 16.0 Å². The molecule has 0 radical (unpaired) electrons. The standard InChI is InChI=1S/C24H21N3O3/c1-16(27-21-8-4-5-9-22(21)30-24(27)29)23(28)25-18-10-12-19(13-11-18)26-15-14-17-6-2-3-7-20(17)26/h2-13,16H,14-15H2,1H3,(H,25,28). The van der Waals surface area contributed by atoms with Gasteiger partial charge < -0.3 is 14.6 Å². The number of rotatable bonds is 4. The molecule has 1 aromatic heterocycles. The van der Waals surface area contributed by atoms with Crippen LogP contribution in [0.4, 0.5) is 17.1 Å². The summed E-state index contributed by atoms with van der Waals surface area (Å²) >= 11 is 0. The minimum absolute atomic E-state index is 0.275. The van der Waals surface area contributed by atoms with Crippen molar-refractivity contribution in [3.05, 3.63) is 88.9 Å². The lowest BCUT2D eigenvalue weighted by Gasteiger charge is -2.20. The van der Waals surface area contributed by atoms with Crippen molar-refractivity contribution in [2.75, 3.05) is 16.8 Å². The number of oxazole rings is 1. The van der Waals surface area contributed by atoms with E-state index in [4.69, 9.17) is 4.42 Å². The fraction of sp³-hybridized carbons (Fsp3) is 0.167. The van der Waals surface area contributed by atoms with Crippen molar-refractivity contribution in [3.63, 3.8) is 0 Å². The van der Waals surface area contributed by atoms with E-state index in [-0.39, 0.29) is 5.91 Å². The molecule has 1 amide bonds. The van der Waals surface area contributed by atoms with E-state index in [9.17, 15) is 9.59 Å². The van der Waals surface area contributed by atoms with Gasteiger partial charge >= 0.3 is 5.76 Å². The number of hydrogen-bond donors (Lipinski definition) is 1. The molecule has 30 heavy (non-hydrogen) atoms. The number of carbonyl (C=O) groups excluding carboxylic acids is 1. The van der Waals surface area contributed by atoms with E-state index in [2.05, 4.69) is 34.5 Å². The molecule has 0 saturated heterocycles. The van der Waals surface area contributed by atoms with Gasteiger partial charge in [-0.3, -0.25) is 9.36 Å². The molecule has 1 aliphatic rings. The van der Waals surface area contributed by atoms with Crippen LogP contribution in [0.3, 0.4) is 0 Å². The van der Waals surface area contributed by atoms with Gasteiger partial charge in [0.1, 0.15) is 6.04 Å². The number of hydrogen-bond acceptors (Lipinski definition) is 4. The summed E-state index contributed by atoms with van der Waals surface area (Å²) < 4.78 is 6.62. The maximum atomic E-state index is 12.8. The summed E-state index contributed by atoms with van der Waals surface area (Å²) in [6.45, 7) is 2.63. The van der Waals surface area contributed by atoms with E-state index in [0.717, 1.165) is 18.7 Å². The maximum Gasteiger partial charge on any atom is 0.420 e. The number of anilines is 3. The van der Waals surface area contributed by atoms with Crippen LogP contribution in [-0.4, -0.2) is 17.0 Å². The van der Waals surface area contributed by atoms with Crippen LogP contribution in [0.2, 0.25) is 0 Å². The number of nitrogens with one attached hydrogen (secondary N) is 1. The number of aromatic nitrogens is 1. The highest BCUT2D eigenvalue weighted by Gasteiger charge is 2.22. The van der Waals surface area contributed by atoms with E-state index >= 15 is 0 Å². The lowest BCUT2D eigenvalue weighted by atomic mass is 10.2. The van der Waals surface area contributed by atoms with E-state index in [1.54, 1.807) is 25.1 Å². The van der Waals surface area contributed by atoms with Gasteiger partial charge in [-0.1, -0.05) is 30.3 Å². The third-order valence-electron chi connectivity index (χ3n) is 5.62. The molecule has 0 spiro atoms. The van der Waals surface area contributed by atoms with Crippen molar-refractivity contribution in [2.45, 2.75) is 19.4 Å². The average molecular weight is 399 g/mol. The number of para-hydroxylation sites is 3. The second-order valence-electron chi connectivity index (χ2n) is 7.45. The highest BCUT2D eigenvalue weighted by Crippen LogP contribution is 2.34. The Hall–Kier alpha value is -3.80. The van der Waals surface area contributed by atoms with Gasteiger partial charge in [-0.25, -0.2) is 4.79 Å². The van der Waals surface area contributed by atoms with Crippen LogP contribution in [0, 0.1) is 0 Å². The second-order valence-corrected chi connectivity index (χ2v) is 7.45. The zero-order valence-corrected chi connectivity index (χ0v) is 16.5. The predicted octanol–water partition coefficient (Wildman–Crippen LogP) is 4.49. The Kier molecular flexibility index (Phi) is 4.39. The fourth-order valence-electron chi connectivity index (χ4n) is 4.05. The van der Waals surface area contributed by atoms with Gasteiger partial charge in [-0.15, -0.1) is 0 Å². The Morgan fingerprint density at radius 1 is 1.00 bits per heavy atom. The van der Waals surface area contributed by atoms with Gasteiger partial charge in [0.2, 0.25) is 5.91 Å². The molecule has 0 fully saturated rings. The number of fused-ring (bicyclic) bond motifs is 2. The molecule has 6 heteroatoms. The molecule has 4 aromatic rings. The Balaban J connectivity index is 1.34. The molecule has 0 saturated carbocycles. The molecule has 1 N–H and O–H groups in total. The van der Waals surface area contributed by atoms with E-state index in [1.165, 1.54) is 15.8 Å². The van der Waals surface area contributed by atoms with Crippen molar-refractivity contribution < 1.29 is 9.21 Å². The molecule has 3 aromatic carbocycles. The first-order valence-electron chi connectivity index (χ1n) is 9.98. The smallest absolute Gasteiger partial charge is 0.408 e. The molecule has 1 aliphatic heterocycles. The fourth-order valence-corrected chi connectivity index (χ4v) is 4.05. The first kappa shape index (κ1) is 18.2. The Morgan fingerprint density at radius 2 is 1.73 bits per heavy atom. The van der Waals surface area contributed by atoms with Crippen LogP contribution in [0.15, 0.2) is 82.0 Å². The molecule has 5 rings (SSSR count). The highest BCUT2D eigenvalue weighted by molar-refractivity contribution is 5.94. The maximum absolute atomic E-state index is 12.8. The number of nitrogens with zero attached hydrogens (tertiary/aromatic N) is 2. The lowest BCUT2D eigenvalue weighted by Crippen LogP contribution is -2.29. The van der Waals surface area contributed by atoms with Crippen molar-refractivity contribution >= 4 is 34.1 Å². The lowest BCUT2D eigenvalue weighted by molar-refractivity contribution is -0.118. The monoisotopic (exact) mass is 399 g/mol. The quantitative estimate of drug-likeness (QED) is 0.549. The summed E-state index contributed by atoms with van der Waals surface area (Å²) in [6.07, 6.45) is 1.03. The van der Waals surface area contributed by atoms with Gasteiger partial charge in [0.25, 0.3) is 0 Å². The van der Waals surface area contributed by atoms with Gasteiger partial charge in [0.05, 0.1) is 5.52 Å². The van der Waals surface area contributed by atoms with Crippen molar-refractivity contribution in [3.8, 4) is 0 Å². The largest absolute Gasteiger partial charge is 0.420 e. The summed E-state index contributed by atoms with van der Waals surface area (Å²) in [4.78, 5) is 27.3. The minimum Gasteiger partial charge on any atom is -0.408 e. The predicted molar refractivity (Wildman–Crippen MR) is 117 cm³/mol. The first-order valence-corrected chi connectivity index (χ1v) is 9.98. The molecule has 6 nitrogen and oxygen atoms in total. The second kappa shape index (κ2) is 7.22. The van der Waals surface area contributed by atoms with Gasteiger partial charge in [0, 0.05) is 23.6 Å². The van der Waals surface area contributed by atoms with Crippen molar-refractivity contribution in [1.82, 2.24) is 4.57 Å². The Labute approximate surface area is 173 Å². The summed E-state index contributed by atoms with van der Waals surface area (Å²) in [7, 11) is 0. The normalized spacial score (nSPS) is 14.0. The molecular weight excluding hydrogens is 378 g/mol. The molecule has 0 bridgehead atoms. The van der Waals surface area contributed by atoms with Crippen LogP contribution in [0.5, 0.6) is 0 Å². The van der Waals surface area contributed by atoms with Gasteiger partial charge in [-0.2, -0.15) is 0 Å². The number of carbonyl (C=O) groups is 1. The molecular formula is C24H21N3O3. The summed E-state index contributed by atoms with van der Waals surface area (Å²) in [5.41, 5.74) is 5.42. The van der Waals surface area contributed by atoms with Crippen molar-refractivity contribution in [2.24, 2.45) is 0 Å². The zero-order chi connectivity index (χ0) is 20.7. The average Bonchev–Trinajstić information content (AvgIpc) is 3.34. The first-order chi connectivity index (χ1) is 14.6. The van der Waals surface area contributed by atoms with Crippen LogP contribution in [-0.2, 0) is 11.2 Å². The minimum atomic E-state index is -0.703. The summed E-state index contributed by atoms with van der Waals surface area (Å²) in [6, 6.07) is 22.6. The van der Waals surface area contributed by atoms with Crippen LogP contribution in [0.25, 0.3) is 11.1 Å². The molecule has 0 aliphatic carbocycles. The zero-order valence-electron chi connectivity index (χ0n) is 16.5. The third-order valence-corrected chi connectivity index (χ3v) is 5.62. The third kappa shape index (κ3) is 3.06. The highest BCUT2D eigenvalue weighted by atomic mass is 16.4. The molecule has 1 unspecified atom stereocenters. The Morgan fingerprint density at radius 3 is 2.57 bits per heavy atom. The molecule has 1 atom stereocenters. The van der Waals surface area contributed by atoms with Gasteiger partial charge in [-0.05, 0) is 61.4 Å². The van der Waals surface area contributed by atoms with Crippen LogP contribution >= 0.6 is 0 Å². The molecule has 150 valence electrons. The topological polar surface area (TPSA) is 67.5 Å². The Bertz CT molecular complexity index is 1290. The number of amides is 1.